The van der Waals surface area contributed by atoms with E-state index in [1.54, 1.807) is 0 Å². The molecule has 1 aliphatic rings. The zero-order valence-electron chi connectivity index (χ0n) is 9.90. The summed E-state index contributed by atoms with van der Waals surface area (Å²) in [5.74, 6) is 1.61. The first-order valence-electron chi connectivity index (χ1n) is 6.08. The largest absolute Gasteiger partial charge is 0.382 e. The molecule has 1 aromatic carbocycles. The van der Waals surface area contributed by atoms with Crippen molar-refractivity contribution in [2.75, 3.05) is 5.32 Å². The zero-order valence-corrected chi connectivity index (χ0v) is 9.90. The minimum Gasteiger partial charge on any atom is -0.382 e. The highest BCUT2D eigenvalue weighted by atomic mass is 15.2. The quantitative estimate of drug-likeness (QED) is 0.849. The van der Waals surface area contributed by atoms with Gasteiger partial charge in [0.1, 0.15) is 5.82 Å². The first-order chi connectivity index (χ1) is 8.33. The number of hydrogen-bond acceptors (Lipinski definition) is 3. The molecular weight excluding hydrogens is 212 g/mol. The summed E-state index contributed by atoms with van der Waals surface area (Å²) >= 11 is 0. The predicted molar refractivity (Wildman–Crippen MR) is 67.8 cm³/mol. The van der Waals surface area contributed by atoms with Crippen molar-refractivity contribution in [3.8, 4) is 11.4 Å². The number of benzene rings is 1. The summed E-state index contributed by atoms with van der Waals surface area (Å²) in [4.78, 5) is 4.39. The molecule has 3 rings (SSSR count). The van der Waals surface area contributed by atoms with Gasteiger partial charge in [0.15, 0.2) is 5.82 Å². The summed E-state index contributed by atoms with van der Waals surface area (Å²) in [5.41, 5.74) is 2.21. The van der Waals surface area contributed by atoms with Gasteiger partial charge in [-0.2, -0.15) is 5.10 Å². The Kier molecular flexibility index (Phi) is 2.55. The van der Waals surface area contributed by atoms with Crippen LogP contribution in [0.25, 0.3) is 11.4 Å². The zero-order chi connectivity index (χ0) is 11.7. The van der Waals surface area contributed by atoms with E-state index >= 15 is 0 Å². The second-order valence-electron chi connectivity index (χ2n) is 4.56. The number of aromatic nitrogens is 3. The molecule has 0 atom stereocenters. The third-order valence-corrected chi connectivity index (χ3v) is 3.23. The Hall–Kier alpha value is -1.84. The third kappa shape index (κ3) is 2.02. The average molecular weight is 228 g/mol. The molecule has 4 heteroatoms. The second kappa shape index (κ2) is 4.20. The highest BCUT2D eigenvalue weighted by Crippen LogP contribution is 2.29. The van der Waals surface area contributed by atoms with Crippen LogP contribution in [0.3, 0.4) is 0 Å². The van der Waals surface area contributed by atoms with Gasteiger partial charge in [-0.1, -0.05) is 12.1 Å². The van der Waals surface area contributed by atoms with Crippen molar-refractivity contribution in [2.24, 2.45) is 0 Å². The van der Waals surface area contributed by atoms with E-state index in [9.17, 15) is 0 Å². The molecule has 1 aliphatic carbocycles. The Labute approximate surface area is 100 Å². The van der Waals surface area contributed by atoms with Crippen molar-refractivity contribution in [3.63, 3.8) is 0 Å². The maximum absolute atomic E-state index is 4.39. The number of hydrogen-bond donors (Lipinski definition) is 2. The Morgan fingerprint density at radius 2 is 2.12 bits per heavy atom. The van der Waals surface area contributed by atoms with Gasteiger partial charge in [0, 0.05) is 17.3 Å². The molecule has 0 radical (unpaired) electrons. The summed E-state index contributed by atoms with van der Waals surface area (Å²) in [6.45, 7) is 1.92. The van der Waals surface area contributed by atoms with Crippen molar-refractivity contribution < 1.29 is 0 Å². The average Bonchev–Trinajstić information content (AvgIpc) is 2.71. The highest BCUT2D eigenvalue weighted by Gasteiger charge is 2.18. The van der Waals surface area contributed by atoms with Crippen molar-refractivity contribution >= 4 is 5.69 Å². The summed E-state index contributed by atoms with van der Waals surface area (Å²) in [7, 11) is 0. The Bertz CT molecular complexity index is 514. The van der Waals surface area contributed by atoms with Gasteiger partial charge >= 0.3 is 0 Å². The monoisotopic (exact) mass is 228 g/mol. The van der Waals surface area contributed by atoms with Gasteiger partial charge in [0.25, 0.3) is 0 Å². The fraction of sp³-hybridized carbons (Fsp3) is 0.385. The van der Waals surface area contributed by atoms with Crippen LogP contribution in [-0.2, 0) is 0 Å². The normalized spacial score (nSPS) is 15.6. The first kappa shape index (κ1) is 10.3. The van der Waals surface area contributed by atoms with Crippen molar-refractivity contribution in [1.29, 1.82) is 0 Å². The van der Waals surface area contributed by atoms with Crippen LogP contribution in [0.15, 0.2) is 24.3 Å². The minimum atomic E-state index is 0.621. The van der Waals surface area contributed by atoms with Gasteiger partial charge in [-0.05, 0) is 38.3 Å². The maximum Gasteiger partial charge on any atom is 0.183 e. The van der Waals surface area contributed by atoms with Gasteiger partial charge in [-0.3, -0.25) is 5.10 Å². The smallest absolute Gasteiger partial charge is 0.183 e. The number of H-pyrrole nitrogens is 1. The fourth-order valence-electron chi connectivity index (χ4n) is 2.04. The molecule has 0 spiro atoms. The molecule has 0 unspecified atom stereocenters. The maximum atomic E-state index is 4.39. The number of aryl methyl sites for hydroxylation is 1. The number of anilines is 1. The molecule has 2 aromatic rings. The van der Waals surface area contributed by atoms with E-state index in [4.69, 9.17) is 0 Å². The topological polar surface area (TPSA) is 53.6 Å². The molecule has 1 heterocycles. The number of nitrogens with one attached hydrogen (secondary N) is 2. The van der Waals surface area contributed by atoms with Crippen molar-refractivity contribution in [2.45, 2.75) is 32.2 Å². The number of para-hydroxylation sites is 1. The molecule has 4 nitrogen and oxygen atoms in total. The van der Waals surface area contributed by atoms with E-state index in [0.29, 0.717) is 6.04 Å². The van der Waals surface area contributed by atoms with Gasteiger partial charge in [-0.25, -0.2) is 4.98 Å². The van der Waals surface area contributed by atoms with Gasteiger partial charge in [0.2, 0.25) is 0 Å². The number of rotatable bonds is 3. The molecule has 0 amide bonds. The lowest BCUT2D eigenvalue weighted by atomic mass is 9.92. The molecule has 0 saturated heterocycles. The Balaban J connectivity index is 1.92. The summed E-state index contributed by atoms with van der Waals surface area (Å²) in [6.07, 6.45) is 3.86. The van der Waals surface area contributed by atoms with E-state index in [-0.39, 0.29) is 0 Å². The molecule has 88 valence electrons. The van der Waals surface area contributed by atoms with Crippen LogP contribution in [0.5, 0.6) is 0 Å². The van der Waals surface area contributed by atoms with Crippen LogP contribution in [0, 0.1) is 6.92 Å². The van der Waals surface area contributed by atoms with Crippen LogP contribution >= 0.6 is 0 Å². The lowest BCUT2D eigenvalue weighted by molar-refractivity contribution is 0.445. The number of aromatic amines is 1. The highest BCUT2D eigenvalue weighted by molar-refractivity contribution is 5.73. The van der Waals surface area contributed by atoms with Gasteiger partial charge in [-0.15, -0.1) is 0 Å². The molecule has 0 aliphatic heterocycles. The summed E-state index contributed by atoms with van der Waals surface area (Å²) < 4.78 is 0. The van der Waals surface area contributed by atoms with Crippen LogP contribution in [0.4, 0.5) is 5.69 Å². The van der Waals surface area contributed by atoms with Crippen LogP contribution < -0.4 is 5.32 Å². The molecule has 0 bridgehead atoms. The lowest BCUT2D eigenvalue weighted by Crippen LogP contribution is -2.27. The van der Waals surface area contributed by atoms with E-state index < -0.39 is 0 Å². The standard InChI is InChI=1S/C13H16N4/c1-9-14-13(17-16-9)11-7-2-3-8-12(11)15-10-5-4-6-10/h2-3,7-8,10,15H,4-6H2,1H3,(H,14,16,17). The van der Waals surface area contributed by atoms with Crippen molar-refractivity contribution in [3.05, 3.63) is 30.1 Å². The fourth-order valence-corrected chi connectivity index (χ4v) is 2.04. The molecule has 1 aromatic heterocycles. The number of nitrogens with zero attached hydrogens (tertiary/aromatic N) is 2. The van der Waals surface area contributed by atoms with E-state index in [1.807, 2.05) is 19.1 Å². The van der Waals surface area contributed by atoms with Crippen LogP contribution in [0.1, 0.15) is 25.1 Å². The van der Waals surface area contributed by atoms with E-state index in [2.05, 4.69) is 32.6 Å². The minimum absolute atomic E-state index is 0.621. The van der Waals surface area contributed by atoms with E-state index in [0.717, 1.165) is 22.9 Å². The molecule has 1 fully saturated rings. The van der Waals surface area contributed by atoms with Gasteiger partial charge < -0.3 is 5.32 Å². The van der Waals surface area contributed by atoms with Crippen LogP contribution in [0.2, 0.25) is 0 Å². The molecule has 17 heavy (non-hydrogen) atoms. The SMILES string of the molecule is Cc1nc(-c2ccccc2NC2CCC2)n[nH]1. The lowest BCUT2D eigenvalue weighted by Gasteiger charge is -2.28. The van der Waals surface area contributed by atoms with E-state index in [1.165, 1.54) is 19.3 Å². The van der Waals surface area contributed by atoms with Crippen molar-refractivity contribution in [1.82, 2.24) is 15.2 Å². The predicted octanol–water partition coefficient (Wildman–Crippen LogP) is 2.74. The summed E-state index contributed by atoms with van der Waals surface area (Å²) in [6, 6.07) is 8.84. The van der Waals surface area contributed by atoms with Gasteiger partial charge in [0.05, 0.1) is 0 Å². The third-order valence-electron chi connectivity index (χ3n) is 3.23. The molecule has 2 N–H and O–H groups in total. The first-order valence-corrected chi connectivity index (χ1v) is 6.08. The summed E-state index contributed by atoms with van der Waals surface area (Å²) in [5, 5.41) is 10.7. The van der Waals surface area contributed by atoms with Crippen LogP contribution in [-0.4, -0.2) is 21.2 Å². The molecule has 1 saturated carbocycles. The Morgan fingerprint density at radius 3 is 2.76 bits per heavy atom. The second-order valence-corrected chi connectivity index (χ2v) is 4.56. The Morgan fingerprint density at radius 1 is 1.29 bits per heavy atom. The molecular formula is C13H16N4.